The molecule has 2 aromatic rings. The molecule has 0 aromatic carbocycles. The summed E-state index contributed by atoms with van der Waals surface area (Å²) in [6.07, 6.45) is 5.19. The standard InChI is InChI=1S/C17H29N5/c1-14(2)11-21(13-17-10-18-20(5)12-17)7-6-8-22-16(4)9-15(3)19-22/h9-10,12,14H,6-8,11,13H2,1-5H3. The highest BCUT2D eigenvalue weighted by Gasteiger charge is 2.10. The maximum absolute atomic E-state index is 4.54. The van der Waals surface area contributed by atoms with Crippen LogP contribution >= 0.6 is 0 Å². The molecule has 0 aliphatic carbocycles. The average molecular weight is 303 g/mol. The third-order valence-electron chi connectivity index (χ3n) is 3.74. The average Bonchev–Trinajstić information content (AvgIpc) is 2.95. The summed E-state index contributed by atoms with van der Waals surface area (Å²) in [5.74, 6) is 0.672. The molecule has 5 heteroatoms. The predicted molar refractivity (Wildman–Crippen MR) is 89.6 cm³/mol. The molecule has 0 radical (unpaired) electrons. The molecule has 0 unspecified atom stereocenters. The maximum Gasteiger partial charge on any atom is 0.0596 e. The van der Waals surface area contributed by atoms with Crippen molar-refractivity contribution in [3.05, 3.63) is 35.4 Å². The summed E-state index contributed by atoms with van der Waals surface area (Å²) < 4.78 is 3.99. The highest BCUT2D eigenvalue weighted by atomic mass is 15.3. The zero-order valence-corrected chi connectivity index (χ0v) is 14.6. The Hall–Kier alpha value is -1.62. The Kier molecular flexibility index (Phi) is 5.77. The fourth-order valence-corrected chi connectivity index (χ4v) is 2.91. The van der Waals surface area contributed by atoms with Gasteiger partial charge in [-0.1, -0.05) is 13.8 Å². The van der Waals surface area contributed by atoms with Crippen molar-refractivity contribution in [3.8, 4) is 0 Å². The third kappa shape index (κ3) is 4.98. The minimum absolute atomic E-state index is 0.672. The number of hydrogen-bond donors (Lipinski definition) is 0. The van der Waals surface area contributed by atoms with Gasteiger partial charge >= 0.3 is 0 Å². The molecule has 0 spiro atoms. The lowest BCUT2D eigenvalue weighted by Gasteiger charge is -2.23. The third-order valence-corrected chi connectivity index (χ3v) is 3.74. The first-order valence-electron chi connectivity index (χ1n) is 8.15. The Morgan fingerprint density at radius 2 is 2.05 bits per heavy atom. The number of rotatable bonds is 8. The van der Waals surface area contributed by atoms with Crippen LogP contribution in [0, 0.1) is 19.8 Å². The normalized spacial score (nSPS) is 11.8. The molecule has 0 aliphatic rings. The van der Waals surface area contributed by atoms with Crippen LogP contribution in [-0.2, 0) is 20.1 Å². The van der Waals surface area contributed by atoms with Crippen molar-refractivity contribution in [2.24, 2.45) is 13.0 Å². The van der Waals surface area contributed by atoms with Gasteiger partial charge in [-0.25, -0.2) is 0 Å². The van der Waals surface area contributed by atoms with Gasteiger partial charge in [-0.2, -0.15) is 10.2 Å². The number of hydrogen-bond acceptors (Lipinski definition) is 3. The molecule has 0 amide bonds. The maximum atomic E-state index is 4.54. The van der Waals surface area contributed by atoms with E-state index in [1.807, 2.05) is 17.9 Å². The first-order chi connectivity index (χ1) is 10.4. The van der Waals surface area contributed by atoms with E-state index in [1.54, 1.807) is 0 Å². The van der Waals surface area contributed by atoms with Crippen molar-refractivity contribution >= 4 is 0 Å². The van der Waals surface area contributed by atoms with Gasteiger partial charge in [-0.3, -0.25) is 14.3 Å². The second-order valence-corrected chi connectivity index (χ2v) is 6.66. The van der Waals surface area contributed by atoms with Crippen molar-refractivity contribution in [1.82, 2.24) is 24.5 Å². The van der Waals surface area contributed by atoms with Crippen LogP contribution in [0.5, 0.6) is 0 Å². The second-order valence-electron chi connectivity index (χ2n) is 6.66. The van der Waals surface area contributed by atoms with E-state index < -0.39 is 0 Å². The highest BCUT2D eigenvalue weighted by molar-refractivity contribution is 5.06. The van der Waals surface area contributed by atoms with E-state index in [1.165, 1.54) is 11.3 Å². The van der Waals surface area contributed by atoms with Gasteiger partial charge in [0.1, 0.15) is 0 Å². The minimum Gasteiger partial charge on any atom is -0.299 e. The number of aromatic nitrogens is 4. The molecule has 0 aliphatic heterocycles. The summed E-state index contributed by atoms with van der Waals surface area (Å²) in [6, 6.07) is 2.14. The molecule has 122 valence electrons. The molecule has 0 atom stereocenters. The van der Waals surface area contributed by atoms with Gasteiger partial charge in [-0.05, 0) is 32.3 Å². The number of aryl methyl sites for hydroxylation is 4. The Balaban J connectivity index is 1.87. The quantitative estimate of drug-likeness (QED) is 0.753. The first kappa shape index (κ1) is 16.7. The van der Waals surface area contributed by atoms with Crippen LogP contribution in [0.3, 0.4) is 0 Å². The Morgan fingerprint density at radius 3 is 2.59 bits per heavy atom. The molecular weight excluding hydrogens is 274 g/mol. The van der Waals surface area contributed by atoms with Crippen LogP contribution in [0.15, 0.2) is 18.5 Å². The van der Waals surface area contributed by atoms with Crippen molar-refractivity contribution < 1.29 is 0 Å². The van der Waals surface area contributed by atoms with Gasteiger partial charge in [0.15, 0.2) is 0 Å². The van der Waals surface area contributed by atoms with E-state index in [4.69, 9.17) is 0 Å². The molecule has 0 bridgehead atoms. The van der Waals surface area contributed by atoms with Gasteiger partial charge < -0.3 is 0 Å². The van der Waals surface area contributed by atoms with Gasteiger partial charge in [0.25, 0.3) is 0 Å². The van der Waals surface area contributed by atoms with Crippen molar-refractivity contribution in [1.29, 1.82) is 0 Å². The fraction of sp³-hybridized carbons (Fsp3) is 0.647. The van der Waals surface area contributed by atoms with Gasteiger partial charge in [0.05, 0.1) is 11.9 Å². The van der Waals surface area contributed by atoms with Gasteiger partial charge in [-0.15, -0.1) is 0 Å². The molecule has 2 rings (SSSR count). The zero-order chi connectivity index (χ0) is 16.1. The molecule has 0 saturated carbocycles. The highest BCUT2D eigenvalue weighted by Crippen LogP contribution is 2.09. The summed E-state index contributed by atoms with van der Waals surface area (Å²) >= 11 is 0. The van der Waals surface area contributed by atoms with Gasteiger partial charge in [0, 0.05) is 50.7 Å². The first-order valence-corrected chi connectivity index (χ1v) is 8.15. The van der Waals surface area contributed by atoms with Crippen LogP contribution in [0.25, 0.3) is 0 Å². The van der Waals surface area contributed by atoms with E-state index in [9.17, 15) is 0 Å². The minimum atomic E-state index is 0.672. The monoisotopic (exact) mass is 303 g/mol. The summed E-state index contributed by atoms with van der Waals surface area (Å²) in [7, 11) is 1.97. The van der Waals surface area contributed by atoms with Crippen LogP contribution in [-0.4, -0.2) is 37.6 Å². The molecule has 0 N–H and O–H groups in total. The second kappa shape index (κ2) is 7.58. The fourth-order valence-electron chi connectivity index (χ4n) is 2.91. The number of nitrogens with zero attached hydrogens (tertiary/aromatic N) is 5. The summed E-state index contributed by atoms with van der Waals surface area (Å²) in [5, 5.41) is 8.81. The largest absolute Gasteiger partial charge is 0.299 e. The lowest BCUT2D eigenvalue weighted by atomic mass is 10.2. The predicted octanol–water partition coefficient (Wildman–Crippen LogP) is 2.78. The van der Waals surface area contributed by atoms with Crippen LogP contribution in [0.1, 0.15) is 37.2 Å². The van der Waals surface area contributed by atoms with Crippen LogP contribution < -0.4 is 0 Å². The Bertz CT molecular complexity index is 582. The molecule has 22 heavy (non-hydrogen) atoms. The summed E-state index contributed by atoms with van der Waals surface area (Å²) in [4.78, 5) is 2.52. The van der Waals surface area contributed by atoms with Crippen LogP contribution in [0.4, 0.5) is 0 Å². The molecule has 2 aromatic heterocycles. The molecular formula is C17H29N5. The lowest BCUT2D eigenvalue weighted by molar-refractivity contribution is 0.228. The van der Waals surface area contributed by atoms with E-state index in [0.717, 1.165) is 38.3 Å². The van der Waals surface area contributed by atoms with E-state index >= 15 is 0 Å². The SMILES string of the molecule is Cc1cc(C)n(CCCN(Cc2cnn(C)c2)CC(C)C)n1. The van der Waals surface area contributed by atoms with Crippen molar-refractivity contribution in [2.45, 2.75) is 47.2 Å². The van der Waals surface area contributed by atoms with Crippen molar-refractivity contribution in [2.75, 3.05) is 13.1 Å². The zero-order valence-electron chi connectivity index (χ0n) is 14.6. The van der Waals surface area contributed by atoms with E-state index in [2.05, 4.69) is 59.7 Å². The van der Waals surface area contributed by atoms with E-state index in [-0.39, 0.29) is 0 Å². The topological polar surface area (TPSA) is 38.9 Å². The summed E-state index contributed by atoms with van der Waals surface area (Å²) in [6.45, 7) is 12.9. The molecule has 2 heterocycles. The Labute approximate surface area is 133 Å². The Morgan fingerprint density at radius 1 is 1.27 bits per heavy atom. The van der Waals surface area contributed by atoms with Crippen LogP contribution in [0.2, 0.25) is 0 Å². The summed E-state index contributed by atoms with van der Waals surface area (Å²) in [5.41, 5.74) is 3.64. The molecule has 5 nitrogen and oxygen atoms in total. The molecule has 0 fully saturated rings. The lowest BCUT2D eigenvalue weighted by Crippen LogP contribution is -2.29. The van der Waals surface area contributed by atoms with Crippen molar-refractivity contribution in [3.63, 3.8) is 0 Å². The molecule has 0 saturated heterocycles. The smallest absolute Gasteiger partial charge is 0.0596 e. The van der Waals surface area contributed by atoms with Gasteiger partial charge in [0.2, 0.25) is 0 Å². The van der Waals surface area contributed by atoms with E-state index in [0.29, 0.717) is 5.92 Å².